The van der Waals surface area contributed by atoms with Gasteiger partial charge in [0.2, 0.25) is 0 Å². The van der Waals surface area contributed by atoms with Crippen molar-refractivity contribution in [3.63, 3.8) is 0 Å². The lowest BCUT2D eigenvalue weighted by Gasteiger charge is -2.43. The van der Waals surface area contributed by atoms with E-state index in [1.165, 1.54) is 29.5 Å². The molecule has 1 aromatic carbocycles. The Morgan fingerprint density at radius 1 is 1.03 bits per heavy atom. The predicted octanol–water partition coefficient (Wildman–Crippen LogP) is 4.73. The van der Waals surface area contributed by atoms with Crippen LogP contribution in [0.25, 0.3) is 11.1 Å². The highest BCUT2D eigenvalue weighted by molar-refractivity contribution is 7.12. The van der Waals surface area contributed by atoms with E-state index in [0.717, 1.165) is 17.7 Å². The van der Waals surface area contributed by atoms with Crippen LogP contribution in [0.5, 0.6) is 5.75 Å². The van der Waals surface area contributed by atoms with Gasteiger partial charge in [-0.15, -0.1) is 24.5 Å². The number of piperidine rings is 1. The summed E-state index contributed by atoms with van der Waals surface area (Å²) in [6.45, 7) is 1.62. The maximum Gasteiger partial charge on any atom is 0.573 e. The lowest BCUT2D eigenvalue weighted by Crippen LogP contribution is -2.49. The number of nitrogens with zero attached hydrogens (tertiary/aromatic N) is 2. The first-order valence-electron chi connectivity index (χ1n) is 10.2. The SMILES string of the molecule is O=C(c1cccs1)N1C[C@H]2C[C@H](C1)c1c(-c3ccc(OC(F)(F)F)cc3)ccc(=O)n1C2. The van der Waals surface area contributed by atoms with E-state index >= 15 is 0 Å². The molecule has 0 aliphatic carbocycles. The minimum Gasteiger partial charge on any atom is -0.406 e. The first-order chi connectivity index (χ1) is 15.3. The zero-order valence-corrected chi connectivity index (χ0v) is 17.7. The normalized spacial score (nSPS) is 20.0. The monoisotopic (exact) mass is 460 g/mol. The molecular formula is C23H19F3N2O3S. The number of likely N-dealkylation sites (tertiary alicyclic amines) is 1. The van der Waals surface area contributed by atoms with E-state index in [4.69, 9.17) is 0 Å². The standard InChI is InChI=1S/C23H19F3N2O3S/c24-23(25,26)31-17-5-3-15(4-6-17)18-7-8-20(29)28-12-14-10-16(21(18)28)13-27(11-14)22(30)19-2-1-9-32-19/h1-9,14,16H,10-13H2/t14-,16-/m1/s1. The number of benzene rings is 1. The number of carbonyl (C=O) groups is 1. The Labute approximate surface area is 185 Å². The third-order valence-corrected chi connectivity index (χ3v) is 6.87. The average molecular weight is 460 g/mol. The minimum absolute atomic E-state index is 0.00312. The molecule has 0 radical (unpaired) electrons. The largest absolute Gasteiger partial charge is 0.573 e. The van der Waals surface area contributed by atoms with Crippen molar-refractivity contribution < 1.29 is 22.7 Å². The van der Waals surface area contributed by atoms with Gasteiger partial charge in [0.05, 0.1) is 4.88 Å². The van der Waals surface area contributed by atoms with Crippen LogP contribution in [-0.2, 0) is 6.54 Å². The number of hydrogen-bond acceptors (Lipinski definition) is 4. The number of alkyl halides is 3. The molecule has 0 N–H and O–H groups in total. The lowest BCUT2D eigenvalue weighted by molar-refractivity contribution is -0.274. The maximum atomic E-state index is 12.9. The molecule has 2 aromatic heterocycles. The molecule has 1 fully saturated rings. The van der Waals surface area contributed by atoms with Crippen molar-refractivity contribution in [2.75, 3.05) is 13.1 Å². The molecule has 166 valence electrons. The van der Waals surface area contributed by atoms with Crippen LogP contribution in [0.1, 0.15) is 27.7 Å². The van der Waals surface area contributed by atoms with E-state index in [-0.39, 0.29) is 29.1 Å². The van der Waals surface area contributed by atoms with Crippen molar-refractivity contribution in [3.8, 4) is 16.9 Å². The number of pyridine rings is 1. The van der Waals surface area contributed by atoms with Gasteiger partial charge in [0.25, 0.3) is 11.5 Å². The smallest absolute Gasteiger partial charge is 0.406 e. The van der Waals surface area contributed by atoms with Crippen molar-refractivity contribution in [1.29, 1.82) is 0 Å². The predicted molar refractivity (Wildman–Crippen MR) is 114 cm³/mol. The summed E-state index contributed by atoms with van der Waals surface area (Å²) >= 11 is 1.41. The number of hydrogen-bond donors (Lipinski definition) is 0. The summed E-state index contributed by atoms with van der Waals surface area (Å²) in [4.78, 5) is 28.1. The first kappa shape index (κ1) is 20.8. The molecule has 0 unspecified atom stereocenters. The van der Waals surface area contributed by atoms with E-state index < -0.39 is 6.36 Å². The number of amides is 1. The second-order valence-corrected chi connectivity index (χ2v) is 9.09. The van der Waals surface area contributed by atoms with Crippen molar-refractivity contribution in [3.05, 3.63) is 74.8 Å². The molecule has 2 aliphatic rings. The van der Waals surface area contributed by atoms with Crippen LogP contribution in [0.4, 0.5) is 13.2 Å². The highest BCUT2D eigenvalue weighted by atomic mass is 32.1. The van der Waals surface area contributed by atoms with E-state index in [1.807, 2.05) is 22.4 Å². The highest BCUT2D eigenvalue weighted by Gasteiger charge is 2.38. The molecule has 1 saturated heterocycles. The van der Waals surface area contributed by atoms with Crippen molar-refractivity contribution in [2.24, 2.45) is 5.92 Å². The molecule has 0 spiro atoms. The highest BCUT2D eigenvalue weighted by Crippen LogP contribution is 2.40. The van der Waals surface area contributed by atoms with Gasteiger partial charge < -0.3 is 14.2 Å². The van der Waals surface area contributed by atoms with Crippen LogP contribution < -0.4 is 10.3 Å². The molecule has 5 rings (SSSR count). The Morgan fingerprint density at radius 3 is 2.50 bits per heavy atom. The van der Waals surface area contributed by atoms with Gasteiger partial charge in [-0.3, -0.25) is 9.59 Å². The summed E-state index contributed by atoms with van der Waals surface area (Å²) in [7, 11) is 0. The zero-order valence-electron chi connectivity index (χ0n) is 16.8. The number of aromatic nitrogens is 1. The van der Waals surface area contributed by atoms with Crippen LogP contribution in [0.2, 0.25) is 0 Å². The third kappa shape index (κ3) is 3.92. The summed E-state index contributed by atoms with van der Waals surface area (Å²) < 4.78 is 43.2. The van der Waals surface area contributed by atoms with Crippen LogP contribution in [0.15, 0.2) is 58.7 Å². The van der Waals surface area contributed by atoms with E-state index in [9.17, 15) is 22.8 Å². The van der Waals surface area contributed by atoms with Gasteiger partial charge in [0.1, 0.15) is 5.75 Å². The van der Waals surface area contributed by atoms with E-state index in [1.54, 1.807) is 22.8 Å². The van der Waals surface area contributed by atoms with Crippen molar-refractivity contribution in [2.45, 2.75) is 25.2 Å². The topological polar surface area (TPSA) is 51.5 Å². The average Bonchev–Trinajstić information content (AvgIpc) is 3.28. The van der Waals surface area contributed by atoms with Crippen LogP contribution >= 0.6 is 11.3 Å². The van der Waals surface area contributed by atoms with Crippen LogP contribution in [0, 0.1) is 5.92 Å². The number of thiophene rings is 1. The van der Waals surface area contributed by atoms with Gasteiger partial charge in [0, 0.05) is 42.9 Å². The molecule has 0 saturated carbocycles. The lowest BCUT2D eigenvalue weighted by atomic mass is 9.80. The van der Waals surface area contributed by atoms with Gasteiger partial charge >= 0.3 is 6.36 Å². The molecule has 4 heterocycles. The minimum atomic E-state index is -4.75. The molecule has 3 aromatic rings. The third-order valence-electron chi connectivity index (χ3n) is 6.01. The zero-order chi connectivity index (χ0) is 22.5. The van der Waals surface area contributed by atoms with E-state index in [0.29, 0.717) is 30.1 Å². The van der Waals surface area contributed by atoms with Crippen LogP contribution in [-0.4, -0.2) is 34.8 Å². The Kier molecular flexibility index (Phi) is 5.08. The van der Waals surface area contributed by atoms with Crippen molar-refractivity contribution >= 4 is 17.2 Å². The maximum absolute atomic E-state index is 12.9. The second kappa shape index (κ2) is 7.81. The summed E-state index contributed by atoms with van der Waals surface area (Å²) in [5.74, 6) is -0.146. The molecule has 32 heavy (non-hydrogen) atoms. The summed E-state index contributed by atoms with van der Waals surface area (Å²) in [5, 5.41) is 1.87. The fraction of sp³-hybridized carbons (Fsp3) is 0.304. The molecule has 5 nitrogen and oxygen atoms in total. The number of ether oxygens (including phenoxy) is 1. The van der Waals surface area contributed by atoms with E-state index in [2.05, 4.69) is 4.74 Å². The second-order valence-electron chi connectivity index (χ2n) is 8.14. The number of halogens is 3. The molecular weight excluding hydrogens is 441 g/mol. The fourth-order valence-corrected chi connectivity index (χ4v) is 5.51. The summed E-state index contributed by atoms with van der Waals surface area (Å²) in [6.07, 6.45) is -3.89. The Bertz CT molecular complexity index is 1200. The molecule has 2 bridgehead atoms. The Morgan fingerprint density at radius 2 is 1.81 bits per heavy atom. The fourth-order valence-electron chi connectivity index (χ4n) is 4.82. The molecule has 2 aliphatic heterocycles. The number of fused-ring (bicyclic) bond motifs is 4. The first-order valence-corrected chi connectivity index (χ1v) is 11.1. The van der Waals surface area contributed by atoms with Gasteiger partial charge in [-0.1, -0.05) is 18.2 Å². The van der Waals surface area contributed by atoms with Gasteiger partial charge in [-0.2, -0.15) is 0 Å². The summed E-state index contributed by atoms with van der Waals surface area (Å²) in [6, 6.07) is 12.5. The molecule has 1 amide bonds. The molecule has 9 heteroatoms. The Balaban J connectivity index is 1.49. The van der Waals surface area contributed by atoms with Crippen LogP contribution in [0.3, 0.4) is 0 Å². The van der Waals surface area contributed by atoms with Gasteiger partial charge in [-0.05, 0) is 47.5 Å². The molecule has 2 atom stereocenters. The Hall–Kier alpha value is -3.07. The van der Waals surface area contributed by atoms with Gasteiger partial charge in [0.15, 0.2) is 0 Å². The summed E-state index contributed by atoms with van der Waals surface area (Å²) in [5.41, 5.74) is 2.22. The quantitative estimate of drug-likeness (QED) is 0.568. The van der Waals surface area contributed by atoms with Crippen molar-refractivity contribution in [1.82, 2.24) is 9.47 Å². The van der Waals surface area contributed by atoms with Gasteiger partial charge in [-0.25, -0.2) is 0 Å². The number of carbonyl (C=O) groups excluding carboxylic acids is 1. The number of rotatable bonds is 3.